The Kier molecular flexibility index (Phi) is 4.01. The van der Waals surface area contributed by atoms with E-state index < -0.39 is 12.0 Å². The van der Waals surface area contributed by atoms with Crippen molar-refractivity contribution in [3.05, 3.63) is 29.6 Å². The first-order chi connectivity index (χ1) is 10.8. The van der Waals surface area contributed by atoms with E-state index in [4.69, 9.17) is 5.73 Å². The molecule has 0 unspecified atom stereocenters. The fraction of sp³-hybridized carbons (Fsp3) is 0.467. The minimum Gasteiger partial charge on any atom is -0.339 e. The number of carbonyl (C=O) groups is 1. The summed E-state index contributed by atoms with van der Waals surface area (Å²) in [5.74, 6) is -1.25. The largest absolute Gasteiger partial charge is 0.449 e. The second-order valence-electron chi connectivity index (χ2n) is 5.80. The summed E-state index contributed by atoms with van der Waals surface area (Å²) in [5.41, 5.74) is 6.64. The van der Waals surface area contributed by atoms with Crippen molar-refractivity contribution in [1.82, 2.24) is 14.9 Å². The minimum absolute atomic E-state index is 0.0947. The van der Waals surface area contributed by atoms with Crippen LogP contribution in [0.4, 0.5) is 13.2 Å². The maximum Gasteiger partial charge on any atom is 0.449 e. The fourth-order valence-electron chi connectivity index (χ4n) is 2.78. The Bertz CT molecular complexity index is 725. The van der Waals surface area contributed by atoms with Crippen molar-refractivity contribution in [3.8, 4) is 0 Å². The molecule has 0 saturated carbocycles. The molecule has 8 heteroatoms. The summed E-state index contributed by atoms with van der Waals surface area (Å²) in [6.45, 7) is 1.18. The van der Waals surface area contributed by atoms with Gasteiger partial charge in [0, 0.05) is 24.7 Å². The van der Waals surface area contributed by atoms with Gasteiger partial charge in [-0.2, -0.15) is 13.2 Å². The molecule has 1 atom stereocenters. The predicted molar refractivity (Wildman–Crippen MR) is 78.8 cm³/mol. The average Bonchev–Trinajstić information content (AvgIpc) is 2.82. The van der Waals surface area contributed by atoms with Gasteiger partial charge < -0.3 is 15.6 Å². The number of alkyl halides is 3. The molecule has 3 rings (SSSR count). The Balaban J connectivity index is 1.86. The molecule has 1 saturated heterocycles. The number of amides is 1. The number of benzene rings is 1. The van der Waals surface area contributed by atoms with E-state index in [-0.39, 0.29) is 23.0 Å². The van der Waals surface area contributed by atoms with E-state index in [1.54, 1.807) is 4.90 Å². The average molecular weight is 326 g/mol. The van der Waals surface area contributed by atoms with Crippen molar-refractivity contribution >= 4 is 16.9 Å². The van der Waals surface area contributed by atoms with Crippen molar-refractivity contribution in [1.29, 1.82) is 0 Å². The number of nitrogens with zero attached hydrogens (tertiary/aromatic N) is 2. The van der Waals surface area contributed by atoms with Crippen LogP contribution in [-0.2, 0) is 6.18 Å². The normalized spacial score (nSPS) is 19.8. The summed E-state index contributed by atoms with van der Waals surface area (Å²) < 4.78 is 38.0. The lowest BCUT2D eigenvalue weighted by Gasteiger charge is -2.20. The summed E-state index contributed by atoms with van der Waals surface area (Å²) in [4.78, 5) is 20.0. The SMILES string of the molecule is N[C@H]1CCCN(C(=O)c2ccc3nc(C(F)(F)F)[nH]c3c2)CC1. The molecule has 1 fully saturated rings. The van der Waals surface area contributed by atoms with Gasteiger partial charge in [-0.3, -0.25) is 4.79 Å². The van der Waals surface area contributed by atoms with Crippen molar-refractivity contribution in [3.63, 3.8) is 0 Å². The molecule has 0 radical (unpaired) electrons. The number of hydrogen-bond acceptors (Lipinski definition) is 3. The van der Waals surface area contributed by atoms with Gasteiger partial charge in [-0.25, -0.2) is 4.98 Å². The van der Waals surface area contributed by atoms with Gasteiger partial charge in [0.05, 0.1) is 11.0 Å². The molecule has 1 aliphatic rings. The minimum atomic E-state index is -4.54. The van der Waals surface area contributed by atoms with E-state index >= 15 is 0 Å². The second-order valence-corrected chi connectivity index (χ2v) is 5.80. The van der Waals surface area contributed by atoms with E-state index in [1.165, 1.54) is 18.2 Å². The highest BCUT2D eigenvalue weighted by molar-refractivity contribution is 5.97. The molecule has 124 valence electrons. The molecule has 2 heterocycles. The quantitative estimate of drug-likeness (QED) is 0.845. The standard InChI is InChI=1S/C15H17F3N4O/c16-15(17,18)14-20-11-4-3-9(8-12(11)21-14)13(23)22-6-1-2-10(19)5-7-22/h3-4,8,10H,1-2,5-7,19H2,(H,20,21)/t10-/m0/s1. The van der Waals surface area contributed by atoms with Crippen LogP contribution in [0, 0.1) is 0 Å². The smallest absolute Gasteiger partial charge is 0.339 e. The summed E-state index contributed by atoms with van der Waals surface area (Å²) in [5, 5.41) is 0. The molecule has 2 aromatic rings. The second kappa shape index (κ2) is 5.84. The van der Waals surface area contributed by atoms with Gasteiger partial charge in [0.25, 0.3) is 5.91 Å². The van der Waals surface area contributed by atoms with Gasteiger partial charge in [0.1, 0.15) is 0 Å². The number of nitrogens with one attached hydrogen (secondary N) is 1. The van der Waals surface area contributed by atoms with Crippen LogP contribution < -0.4 is 5.73 Å². The number of likely N-dealkylation sites (tertiary alicyclic amines) is 1. The van der Waals surface area contributed by atoms with E-state index in [1.807, 2.05) is 0 Å². The number of aromatic nitrogens is 2. The van der Waals surface area contributed by atoms with Crippen LogP contribution in [0.15, 0.2) is 18.2 Å². The van der Waals surface area contributed by atoms with Crippen LogP contribution in [0.25, 0.3) is 11.0 Å². The number of imidazole rings is 1. The van der Waals surface area contributed by atoms with Crippen LogP contribution >= 0.6 is 0 Å². The van der Waals surface area contributed by atoms with Crippen LogP contribution in [0.3, 0.4) is 0 Å². The zero-order valence-corrected chi connectivity index (χ0v) is 12.4. The highest BCUT2D eigenvalue weighted by atomic mass is 19.4. The predicted octanol–water partition coefficient (Wildman–Crippen LogP) is 2.54. The molecule has 3 N–H and O–H groups in total. The van der Waals surface area contributed by atoms with Crippen molar-refractivity contribution in [2.75, 3.05) is 13.1 Å². The number of rotatable bonds is 1. The Morgan fingerprint density at radius 3 is 2.83 bits per heavy atom. The number of aromatic amines is 1. The lowest BCUT2D eigenvalue weighted by atomic mass is 10.1. The highest BCUT2D eigenvalue weighted by Gasteiger charge is 2.34. The Morgan fingerprint density at radius 2 is 2.09 bits per heavy atom. The number of hydrogen-bond donors (Lipinski definition) is 2. The molecule has 5 nitrogen and oxygen atoms in total. The Labute approximate surface area is 130 Å². The molecule has 1 aromatic heterocycles. The topological polar surface area (TPSA) is 75.0 Å². The van der Waals surface area contributed by atoms with Crippen molar-refractivity contribution < 1.29 is 18.0 Å². The zero-order chi connectivity index (χ0) is 16.6. The van der Waals surface area contributed by atoms with Crippen molar-refractivity contribution in [2.24, 2.45) is 5.73 Å². The van der Waals surface area contributed by atoms with Gasteiger partial charge in [-0.15, -0.1) is 0 Å². The first-order valence-electron chi connectivity index (χ1n) is 7.46. The molecular weight excluding hydrogens is 309 g/mol. The molecule has 0 bridgehead atoms. The van der Waals surface area contributed by atoms with Gasteiger partial charge in [0.15, 0.2) is 0 Å². The third-order valence-electron chi connectivity index (χ3n) is 4.06. The van der Waals surface area contributed by atoms with E-state index in [9.17, 15) is 18.0 Å². The summed E-state index contributed by atoms with van der Waals surface area (Å²) in [7, 11) is 0. The Morgan fingerprint density at radius 1 is 1.30 bits per heavy atom. The van der Waals surface area contributed by atoms with Crippen LogP contribution in [-0.4, -0.2) is 39.9 Å². The molecule has 1 amide bonds. The van der Waals surface area contributed by atoms with E-state index in [0.29, 0.717) is 18.7 Å². The van der Waals surface area contributed by atoms with Gasteiger partial charge >= 0.3 is 6.18 Å². The van der Waals surface area contributed by atoms with E-state index in [2.05, 4.69) is 9.97 Å². The molecule has 0 aliphatic carbocycles. The number of H-pyrrole nitrogens is 1. The zero-order valence-electron chi connectivity index (χ0n) is 12.4. The summed E-state index contributed by atoms with van der Waals surface area (Å²) in [6.07, 6.45) is -2.10. The first-order valence-corrected chi connectivity index (χ1v) is 7.46. The third-order valence-corrected chi connectivity index (χ3v) is 4.06. The number of fused-ring (bicyclic) bond motifs is 1. The highest BCUT2D eigenvalue weighted by Crippen LogP contribution is 2.29. The molecule has 1 aliphatic heterocycles. The monoisotopic (exact) mass is 326 g/mol. The lowest BCUT2D eigenvalue weighted by Crippen LogP contribution is -2.32. The fourth-order valence-corrected chi connectivity index (χ4v) is 2.78. The maximum absolute atomic E-state index is 12.7. The lowest BCUT2D eigenvalue weighted by molar-refractivity contribution is -0.144. The third kappa shape index (κ3) is 3.31. The number of halogens is 3. The van der Waals surface area contributed by atoms with Crippen LogP contribution in [0.1, 0.15) is 35.4 Å². The molecule has 1 aromatic carbocycles. The molecule has 23 heavy (non-hydrogen) atoms. The summed E-state index contributed by atoms with van der Waals surface area (Å²) in [6, 6.07) is 4.45. The van der Waals surface area contributed by atoms with Gasteiger partial charge in [-0.1, -0.05) is 0 Å². The van der Waals surface area contributed by atoms with Gasteiger partial charge in [0.2, 0.25) is 5.82 Å². The number of carbonyl (C=O) groups excluding carboxylic acids is 1. The summed E-state index contributed by atoms with van der Waals surface area (Å²) >= 11 is 0. The Hall–Kier alpha value is -2.09. The molecular formula is C15H17F3N4O. The van der Waals surface area contributed by atoms with Crippen LogP contribution in [0.5, 0.6) is 0 Å². The maximum atomic E-state index is 12.7. The number of nitrogens with two attached hydrogens (primary N) is 1. The van der Waals surface area contributed by atoms with Gasteiger partial charge in [-0.05, 0) is 37.5 Å². The van der Waals surface area contributed by atoms with Crippen molar-refractivity contribution in [2.45, 2.75) is 31.5 Å². The van der Waals surface area contributed by atoms with E-state index in [0.717, 1.165) is 19.3 Å². The van der Waals surface area contributed by atoms with Crippen LogP contribution in [0.2, 0.25) is 0 Å². The first kappa shape index (κ1) is 15.8. The molecule has 0 spiro atoms.